The Morgan fingerprint density at radius 3 is 2.27 bits per heavy atom. The fourth-order valence-corrected chi connectivity index (χ4v) is 2.64. The molecule has 0 amide bonds. The molecule has 11 heavy (non-hydrogen) atoms. The Morgan fingerprint density at radius 2 is 1.73 bits per heavy atom. The molecule has 1 saturated carbocycles. The van der Waals surface area contributed by atoms with Crippen LogP contribution >= 0.6 is 0 Å². The molecular weight excluding hydrogens is 138 g/mol. The Morgan fingerprint density at radius 1 is 1.18 bits per heavy atom. The summed E-state index contributed by atoms with van der Waals surface area (Å²) in [5.41, 5.74) is 0. The molecule has 0 aromatic rings. The van der Waals surface area contributed by atoms with Crippen molar-refractivity contribution in [2.24, 2.45) is 11.8 Å². The van der Waals surface area contributed by atoms with Gasteiger partial charge in [0.05, 0.1) is 6.10 Å². The Bertz CT molecular complexity index is 134. The summed E-state index contributed by atoms with van der Waals surface area (Å²) in [5.74, 6) is 1.15. The number of hydrogen-bond donors (Lipinski definition) is 1. The molecule has 2 heteroatoms. The zero-order chi connectivity index (χ0) is 7.84. The first-order chi connectivity index (χ1) is 5.27. The number of aliphatic hydroxyl groups excluding tert-OH is 1. The molecular formula is C9H17NO. The molecule has 2 rings (SSSR count). The lowest BCUT2D eigenvalue weighted by molar-refractivity contribution is -0.0419. The highest BCUT2D eigenvalue weighted by atomic mass is 16.3. The zero-order valence-corrected chi connectivity index (χ0v) is 7.16. The van der Waals surface area contributed by atoms with Crippen LogP contribution in [-0.2, 0) is 0 Å². The maximum Gasteiger partial charge on any atom is 0.0620 e. The predicted octanol–water partition coefficient (Wildman–Crippen LogP) is 0.709. The molecule has 0 spiro atoms. The minimum Gasteiger partial charge on any atom is -0.392 e. The van der Waals surface area contributed by atoms with Crippen LogP contribution < -0.4 is 0 Å². The van der Waals surface area contributed by atoms with Gasteiger partial charge in [0.1, 0.15) is 0 Å². The fraction of sp³-hybridized carbons (Fsp3) is 1.00. The van der Waals surface area contributed by atoms with Crippen molar-refractivity contribution in [1.29, 1.82) is 0 Å². The van der Waals surface area contributed by atoms with Crippen LogP contribution in [0.1, 0.15) is 19.3 Å². The monoisotopic (exact) mass is 155 g/mol. The van der Waals surface area contributed by atoms with E-state index in [-0.39, 0.29) is 6.10 Å². The van der Waals surface area contributed by atoms with Gasteiger partial charge < -0.3 is 10.0 Å². The highest BCUT2D eigenvalue weighted by Gasteiger charge is 2.36. The Kier molecular flexibility index (Phi) is 1.90. The number of hydrogen-bond acceptors (Lipinski definition) is 2. The SMILES string of the molecule is CN1C[C@H]2CCC[C@H](C1)C2O. The largest absolute Gasteiger partial charge is 0.392 e. The van der Waals surface area contributed by atoms with E-state index < -0.39 is 0 Å². The molecule has 1 aliphatic carbocycles. The van der Waals surface area contributed by atoms with Crippen LogP contribution in [0.25, 0.3) is 0 Å². The summed E-state index contributed by atoms with van der Waals surface area (Å²) in [6.07, 6.45) is 3.82. The summed E-state index contributed by atoms with van der Waals surface area (Å²) in [6, 6.07) is 0. The molecule has 64 valence electrons. The van der Waals surface area contributed by atoms with Gasteiger partial charge in [-0.3, -0.25) is 0 Å². The van der Waals surface area contributed by atoms with Gasteiger partial charge >= 0.3 is 0 Å². The molecule has 0 aromatic carbocycles. The third-order valence-electron chi connectivity index (χ3n) is 3.21. The smallest absolute Gasteiger partial charge is 0.0620 e. The molecule has 2 bridgehead atoms. The van der Waals surface area contributed by atoms with E-state index in [0.717, 1.165) is 13.1 Å². The van der Waals surface area contributed by atoms with E-state index in [1.165, 1.54) is 19.3 Å². The summed E-state index contributed by atoms with van der Waals surface area (Å²) in [6.45, 7) is 2.22. The summed E-state index contributed by atoms with van der Waals surface area (Å²) >= 11 is 0. The van der Waals surface area contributed by atoms with Gasteiger partial charge in [0.15, 0.2) is 0 Å². The van der Waals surface area contributed by atoms with Gasteiger partial charge in [-0.15, -0.1) is 0 Å². The number of piperidine rings is 1. The van der Waals surface area contributed by atoms with E-state index in [1.54, 1.807) is 0 Å². The second-order valence-corrected chi connectivity index (χ2v) is 4.16. The van der Waals surface area contributed by atoms with Crippen molar-refractivity contribution in [2.45, 2.75) is 25.4 Å². The topological polar surface area (TPSA) is 23.5 Å². The first kappa shape index (κ1) is 7.56. The number of fused-ring (bicyclic) bond motifs is 2. The maximum atomic E-state index is 9.78. The molecule has 1 N–H and O–H groups in total. The van der Waals surface area contributed by atoms with Gasteiger partial charge in [0.2, 0.25) is 0 Å². The van der Waals surface area contributed by atoms with Crippen LogP contribution in [0.15, 0.2) is 0 Å². The highest BCUT2D eigenvalue weighted by molar-refractivity contribution is 4.89. The summed E-state index contributed by atoms with van der Waals surface area (Å²) in [4.78, 5) is 2.36. The molecule has 0 unspecified atom stereocenters. The van der Waals surface area contributed by atoms with Crippen LogP contribution in [-0.4, -0.2) is 36.2 Å². The van der Waals surface area contributed by atoms with E-state index in [2.05, 4.69) is 11.9 Å². The molecule has 0 radical (unpaired) electrons. The van der Waals surface area contributed by atoms with Gasteiger partial charge in [-0.2, -0.15) is 0 Å². The normalized spacial score (nSPS) is 45.8. The van der Waals surface area contributed by atoms with Crippen molar-refractivity contribution in [3.63, 3.8) is 0 Å². The molecule has 2 nitrogen and oxygen atoms in total. The first-order valence-electron chi connectivity index (χ1n) is 4.64. The standard InChI is InChI=1S/C9H17NO/c1-10-5-7-3-2-4-8(6-10)9(7)11/h7-9,11H,2-6H2,1H3/t7-,8-/m1/s1. The average Bonchev–Trinajstić information content (AvgIpc) is 1.92. The lowest BCUT2D eigenvalue weighted by Gasteiger charge is -2.43. The van der Waals surface area contributed by atoms with Crippen molar-refractivity contribution in [3.05, 3.63) is 0 Å². The zero-order valence-electron chi connectivity index (χ0n) is 7.16. The number of nitrogens with zero attached hydrogens (tertiary/aromatic N) is 1. The molecule has 1 saturated heterocycles. The minimum absolute atomic E-state index is 0.0138. The molecule has 2 aliphatic rings. The van der Waals surface area contributed by atoms with E-state index >= 15 is 0 Å². The highest BCUT2D eigenvalue weighted by Crippen LogP contribution is 2.33. The van der Waals surface area contributed by atoms with Crippen molar-refractivity contribution < 1.29 is 5.11 Å². The minimum atomic E-state index is 0.0138. The summed E-state index contributed by atoms with van der Waals surface area (Å²) in [5, 5.41) is 9.78. The first-order valence-corrected chi connectivity index (χ1v) is 4.64. The van der Waals surface area contributed by atoms with Gasteiger partial charge in [0, 0.05) is 13.1 Å². The summed E-state index contributed by atoms with van der Waals surface area (Å²) in [7, 11) is 2.16. The van der Waals surface area contributed by atoms with Crippen molar-refractivity contribution in [3.8, 4) is 0 Å². The fourth-order valence-electron chi connectivity index (χ4n) is 2.64. The van der Waals surface area contributed by atoms with Crippen molar-refractivity contribution >= 4 is 0 Å². The van der Waals surface area contributed by atoms with Crippen LogP contribution in [0.5, 0.6) is 0 Å². The van der Waals surface area contributed by atoms with Crippen LogP contribution in [0.3, 0.4) is 0 Å². The Balaban J connectivity index is 2.07. The van der Waals surface area contributed by atoms with E-state index in [9.17, 15) is 5.11 Å². The lowest BCUT2D eigenvalue weighted by Crippen LogP contribution is -2.49. The third-order valence-corrected chi connectivity index (χ3v) is 3.21. The molecule has 1 aliphatic heterocycles. The number of aliphatic hydroxyl groups is 1. The second-order valence-electron chi connectivity index (χ2n) is 4.16. The Labute approximate surface area is 68.2 Å². The maximum absolute atomic E-state index is 9.78. The second kappa shape index (κ2) is 2.76. The van der Waals surface area contributed by atoms with Gasteiger partial charge in [-0.1, -0.05) is 6.42 Å². The molecule has 1 heterocycles. The van der Waals surface area contributed by atoms with Gasteiger partial charge in [-0.25, -0.2) is 0 Å². The van der Waals surface area contributed by atoms with E-state index in [0.29, 0.717) is 11.8 Å². The average molecular weight is 155 g/mol. The lowest BCUT2D eigenvalue weighted by atomic mass is 9.75. The summed E-state index contributed by atoms with van der Waals surface area (Å²) < 4.78 is 0. The van der Waals surface area contributed by atoms with Gasteiger partial charge in [0.25, 0.3) is 0 Å². The molecule has 2 atom stereocenters. The molecule has 2 fully saturated rings. The number of likely N-dealkylation sites (tertiary alicyclic amines) is 1. The van der Waals surface area contributed by atoms with E-state index in [1.807, 2.05) is 0 Å². The quantitative estimate of drug-likeness (QED) is 0.557. The van der Waals surface area contributed by atoms with Gasteiger partial charge in [-0.05, 0) is 31.7 Å². The number of rotatable bonds is 0. The van der Waals surface area contributed by atoms with E-state index in [4.69, 9.17) is 0 Å². The Hall–Kier alpha value is -0.0800. The predicted molar refractivity (Wildman–Crippen MR) is 44.3 cm³/mol. The molecule has 0 aromatic heterocycles. The van der Waals surface area contributed by atoms with Crippen LogP contribution in [0, 0.1) is 11.8 Å². The van der Waals surface area contributed by atoms with Crippen molar-refractivity contribution in [2.75, 3.05) is 20.1 Å². The van der Waals surface area contributed by atoms with Crippen LogP contribution in [0.4, 0.5) is 0 Å². The van der Waals surface area contributed by atoms with Crippen LogP contribution in [0.2, 0.25) is 0 Å². The third kappa shape index (κ3) is 1.30. The van der Waals surface area contributed by atoms with Crippen molar-refractivity contribution in [1.82, 2.24) is 4.90 Å².